The second-order valence-corrected chi connectivity index (χ2v) is 4.88. The molecule has 1 aliphatic heterocycles. The maximum absolute atomic E-state index is 4.42. The van der Waals surface area contributed by atoms with Gasteiger partial charge in [-0.2, -0.15) is 16.9 Å². The van der Waals surface area contributed by atoms with Crippen molar-refractivity contribution in [3.63, 3.8) is 0 Å². The van der Waals surface area contributed by atoms with Crippen molar-refractivity contribution < 1.29 is 0 Å². The van der Waals surface area contributed by atoms with Crippen molar-refractivity contribution in [2.24, 2.45) is 0 Å². The highest BCUT2D eigenvalue weighted by atomic mass is 32.2. The van der Waals surface area contributed by atoms with Gasteiger partial charge in [0.1, 0.15) is 0 Å². The zero-order valence-corrected chi connectivity index (χ0v) is 9.39. The molecule has 78 valence electrons. The third kappa shape index (κ3) is 2.30. The Bertz CT molecular complexity index is 279. The van der Waals surface area contributed by atoms with Crippen LogP contribution < -0.4 is 5.32 Å². The van der Waals surface area contributed by atoms with Gasteiger partial charge in [-0.3, -0.25) is 4.68 Å². The minimum absolute atomic E-state index is 0.624. The number of hydrogen-bond acceptors (Lipinski definition) is 3. The summed E-state index contributed by atoms with van der Waals surface area (Å²) < 4.78 is 2.14. The van der Waals surface area contributed by atoms with E-state index in [1.807, 2.05) is 25.0 Å². The van der Waals surface area contributed by atoms with E-state index in [4.69, 9.17) is 0 Å². The van der Waals surface area contributed by atoms with Crippen molar-refractivity contribution in [3.8, 4) is 0 Å². The highest BCUT2D eigenvalue weighted by Crippen LogP contribution is 2.26. The molecule has 0 amide bonds. The molecule has 2 heterocycles. The van der Waals surface area contributed by atoms with Crippen LogP contribution in [0.2, 0.25) is 0 Å². The van der Waals surface area contributed by atoms with Gasteiger partial charge in [-0.05, 0) is 25.6 Å². The first-order valence-electron chi connectivity index (χ1n) is 5.15. The van der Waals surface area contributed by atoms with Crippen LogP contribution in [0.15, 0.2) is 12.4 Å². The molecule has 1 saturated heterocycles. The molecule has 1 atom stereocenters. The van der Waals surface area contributed by atoms with Gasteiger partial charge in [0.2, 0.25) is 0 Å². The van der Waals surface area contributed by atoms with Gasteiger partial charge in [0.15, 0.2) is 0 Å². The molecular weight excluding hydrogens is 194 g/mol. The van der Waals surface area contributed by atoms with E-state index in [0.29, 0.717) is 6.04 Å². The zero-order chi connectivity index (χ0) is 9.80. The number of aromatic nitrogens is 2. The Morgan fingerprint density at radius 1 is 1.71 bits per heavy atom. The van der Waals surface area contributed by atoms with Crippen LogP contribution >= 0.6 is 11.8 Å². The third-order valence-corrected chi connectivity index (χ3v) is 3.74. The summed E-state index contributed by atoms with van der Waals surface area (Å²) in [6, 6.07) is 0.624. The fourth-order valence-electron chi connectivity index (χ4n) is 1.80. The van der Waals surface area contributed by atoms with E-state index in [1.165, 1.54) is 29.9 Å². The summed E-state index contributed by atoms with van der Waals surface area (Å²) in [6.45, 7) is 0.917. The Morgan fingerprint density at radius 3 is 3.36 bits per heavy atom. The van der Waals surface area contributed by atoms with E-state index < -0.39 is 0 Å². The molecule has 1 unspecified atom stereocenters. The molecule has 0 radical (unpaired) electrons. The van der Waals surface area contributed by atoms with Crippen LogP contribution in [0.25, 0.3) is 0 Å². The fourth-order valence-corrected chi connectivity index (χ4v) is 2.93. The van der Waals surface area contributed by atoms with Gasteiger partial charge in [-0.25, -0.2) is 0 Å². The van der Waals surface area contributed by atoms with E-state index >= 15 is 0 Å². The van der Waals surface area contributed by atoms with Gasteiger partial charge in [0.25, 0.3) is 0 Å². The average Bonchev–Trinajstić information content (AvgIpc) is 2.68. The molecule has 3 nitrogen and oxygen atoms in total. The molecule has 0 spiro atoms. The van der Waals surface area contributed by atoms with Gasteiger partial charge < -0.3 is 5.32 Å². The maximum atomic E-state index is 4.42. The molecule has 1 aliphatic rings. The van der Waals surface area contributed by atoms with Gasteiger partial charge in [-0.1, -0.05) is 0 Å². The second-order valence-electron chi connectivity index (χ2n) is 3.73. The fraction of sp³-hybridized carbons (Fsp3) is 0.700. The van der Waals surface area contributed by atoms with Crippen molar-refractivity contribution in [2.75, 3.05) is 18.6 Å². The molecule has 0 aromatic carbocycles. The molecular formula is C10H17N3S. The smallest absolute Gasteiger partial charge is 0.0609 e. The summed E-state index contributed by atoms with van der Waals surface area (Å²) in [5.74, 6) is 2.54. The molecule has 0 saturated carbocycles. The predicted octanol–water partition coefficient (Wildman–Crippen LogP) is 1.67. The molecule has 4 heteroatoms. The summed E-state index contributed by atoms with van der Waals surface area (Å²) in [5.41, 5.74) is 1.28. The average molecular weight is 211 g/mol. The lowest BCUT2D eigenvalue weighted by atomic mass is 10.2. The molecule has 14 heavy (non-hydrogen) atoms. The normalized spacial score (nSPS) is 22.5. The lowest BCUT2D eigenvalue weighted by Crippen LogP contribution is -2.16. The Kier molecular flexibility index (Phi) is 3.48. The number of nitrogens with zero attached hydrogens (tertiary/aromatic N) is 2. The lowest BCUT2D eigenvalue weighted by Gasteiger charge is -2.21. The topological polar surface area (TPSA) is 29.9 Å². The Hall–Kier alpha value is -0.480. The number of hydrogen-bond donors (Lipinski definition) is 1. The summed E-state index contributed by atoms with van der Waals surface area (Å²) in [4.78, 5) is 0. The molecule has 2 rings (SSSR count). The molecule has 1 aromatic heterocycles. The Morgan fingerprint density at radius 2 is 2.64 bits per heavy atom. The van der Waals surface area contributed by atoms with Crippen LogP contribution in [0, 0.1) is 0 Å². The maximum Gasteiger partial charge on any atom is 0.0609 e. The molecule has 1 aromatic rings. The van der Waals surface area contributed by atoms with Gasteiger partial charge in [0.05, 0.1) is 12.2 Å². The van der Waals surface area contributed by atoms with Crippen LogP contribution in [0.1, 0.15) is 24.4 Å². The minimum Gasteiger partial charge on any atom is -0.316 e. The number of rotatable bonds is 3. The number of nitrogens with one attached hydrogen (secondary N) is 1. The van der Waals surface area contributed by atoms with Crippen molar-refractivity contribution in [1.29, 1.82) is 0 Å². The first-order chi connectivity index (χ1) is 6.90. The largest absolute Gasteiger partial charge is 0.316 e. The van der Waals surface area contributed by atoms with Gasteiger partial charge in [-0.15, -0.1) is 0 Å². The summed E-state index contributed by atoms with van der Waals surface area (Å²) in [6.07, 6.45) is 6.76. The van der Waals surface area contributed by atoms with Crippen molar-refractivity contribution >= 4 is 11.8 Å². The first-order valence-corrected chi connectivity index (χ1v) is 6.31. The highest BCUT2D eigenvalue weighted by Gasteiger charge is 2.15. The predicted molar refractivity (Wildman–Crippen MR) is 60.6 cm³/mol. The molecule has 1 N–H and O–H groups in total. The van der Waals surface area contributed by atoms with Crippen molar-refractivity contribution in [2.45, 2.75) is 25.4 Å². The van der Waals surface area contributed by atoms with E-state index in [1.54, 1.807) is 0 Å². The SMILES string of the molecule is CNCc1cnn(C2CCCSC2)c1. The van der Waals surface area contributed by atoms with Crippen LogP contribution in [-0.2, 0) is 6.54 Å². The van der Waals surface area contributed by atoms with Gasteiger partial charge >= 0.3 is 0 Å². The standard InChI is InChI=1S/C10H17N3S/c1-11-5-9-6-12-13(7-9)10-3-2-4-14-8-10/h6-7,10-11H,2-5,8H2,1H3. The van der Waals surface area contributed by atoms with Crippen LogP contribution in [0.4, 0.5) is 0 Å². The lowest BCUT2D eigenvalue weighted by molar-refractivity contribution is 0.454. The monoisotopic (exact) mass is 211 g/mol. The zero-order valence-electron chi connectivity index (χ0n) is 8.57. The van der Waals surface area contributed by atoms with E-state index in [2.05, 4.69) is 21.3 Å². The molecule has 1 fully saturated rings. The van der Waals surface area contributed by atoms with E-state index in [9.17, 15) is 0 Å². The van der Waals surface area contributed by atoms with E-state index in [-0.39, 0.29) is 0 Å². The van der Waals surface area contributed by atoms with Crippen LogP contribution in [0.3, 0.4) is 0 Å². The summed E-state index contributed by atoms with van der Waals surface area (Å²) >= 11 is 2.04. The molecule has 0 aliphatic carbocycles. The van der Waals surface area contributed by atoms with Crippen molar-refractivity contribution in [1.82, 2.24) is 15.1 Å². The quantitative estimate of drug-likeness (QED) is 0.825. The minimum atomic E-state index is 0.624. The Labute approximate surface area is 89.3 Å². The highest BCUT2D eigenvalue weighted by molar-refractivity contribution is 7.99. The molecule has 0 bridgehead atoms. The van der Waals surface area contributed by atoms with Crippen LogP contribution in [0.5, 0.6) is 0 Å². The summed E-state index contributed by atoms with van der Waals surface area (Å²) in [5, 5.41) is 7.56. The second kappa shape index (κ2) is 4.84. The Balaban J connectivity index is 2.00. The van der Waals surface area contributed by atoms with E-state index in [0.717, 1.165) is 6.54 Å². The van der Waals surface area contributed by atoms with Crippen LogP contribution in [-0.4, -0.2) is 28.3 Å². The number of thioether (sulfide) groups is 1. The van der Waals surface area contributed by atoms with Gasteiger partial charge in [0, 0.05) is 24.1 Å². The summed E-state index contributed by atoms with van der Waals surface area (Å²) in [7, 11) is 1.97. The van der Waals surface area contributed by atoms with Crippen molar-refractivity contribution in [3.05, 3.63) is 18.0 Å². The first kappa shape index (κ1) is 10.1. The third-order valence-electron chi connectivity index (χ3n) is 2.55.